The molecule has 1 aliphatic rings. The maximum atomic E-state index is 12.6. The lowest BCUT2D eigenvalue weighted by Crippen LogP contribution is -2.32. The van der Waals surface area contributed by atoms with Crippen molar-refractivity contribution in [3.63, 3.8) is 0 Å². The summed E-state index contributed by atoms with van der Waals surface area (Å²) in [6.07, 6.45) is -3.19. The predicted octanol–water partition coefficient (Wildman–Crippen LogP) is 3.70. The SMILES string of the molecule is CC(C)NCC1CCN(C)C1c1ccc(C(F)(F)F)cc1. The molecule has 1 aliphatic heterocycles. The Balaban J connectivity index is 2.14. The molecule has 1 aromatic rings. The van der Waals surface area contributed by atoms with E-state index in [0.29, 0.717) is 12.0 Å². The average Bonchev–Trinajstić information content (AvgIpc) is 2.76. The molecule has 2 rings (SSSR count). The fraction of sp³-hybridized carbons (Fsp3) is 0.625. The zero-order valence-electron chi connectivity index (χ0n) is 12.7. The van der Waals surface area contributed by atoms with Crippen molar-refractivity contribution in [2.24, 2.45) is 5.92 Å². The van der Waals surface area contributed by atoms with Crippen molar-refractivity contribution < 1.29 is 13.2 Å². The van der Waals surface area contributed by atoms with E-state index in [1.165, 1.54) is 12.1 Å². The number of nitrogens with one attached hydrogen (secondary N) is 1. The number of rotatable bonds is 4. The average molecular weight is 300 g/mol. The summed E-state index contributed by atoms with van der Waals surface area (Å²) in [5.41, 5.74) is 0.391. The van der Waals surface area contributed by atoms with Gasteiger partial charge in [-0.2, -0.15) is 13.2 Å². The highest BCUT2D eigenvalue weighted by Gasteiger charge is 2.34. The van der Waals surface area contributed by atoms with Crippen molar-refractivity contribution in [3.8, 4) is 0 Å². The molecule has 1 heterocycles. The van der Waals surface area contributed by atoms with Crippen molar-refractivity contribution >= 4 is 0 Å². The Hall–Kier alpha value is -1.07. The van der Waals surface area contributed by atoms with E-state index in [1.54, 1.807) is 12.1 Å². The molecule has 0 spiro atoms. The summed E-state index contributed by atoms with van der Waals surface area (Å²) in [4.78, 5) is 2.23. The van der Waals surface area contributed by atoms with Crippen molar-refractivity contribution in [2.45, 2.75) is 38.5 Å². The van der Waals surface area contributed by atoms with E-state index < -0.39 is 11.7 Å². The van der Waals surface area contributed by atoms with Gasteiger partial charge in [-0.3, -0.25) is 4.90 Å². The molecule has 0 aliphatic carbocycles. The lowest BCUT2D eigenvalue weighted by molar-refractivity contribution is -0.137. The minimum Gasteiger partial charge on any atom is -0.314 e. The minimum atomic E-state index is -4.27. The molecule has 5 heteroatoms. The molecule has 1 fully saturated rings. The summed E-state index contributed by atoms with van der Waals surface area (Å²) in [6.45, 7) is 6.08. The summed E-state index contributed by atoms with van der Waals surface area (Å²) in [6, 6.07) is 6.24. The van der Waals surface area contributed by atoms with Gasteiger partial charge in [0.1, 0.15) is 0 Å². The molecule has 118 valence electrons. The van der Waals surface area contributed by atoms with Crippen molar-refractivity contribution in [3.05, 3.63) is 35.4 Å². The molecule has 2 nitrogen and oxygen atoms in total. The van der Waals surface area contributed by atoms with Gasteiger partial charge >= 0.3 is 6.18 Å². The van der Waals surface area contributed by atoms with E-state index in [4.69, 9.17) is 0 Å². The third kappa shape index (κ3) is 3.98. The highest BCUT2D eigenvalue weighted by Crippen LogP contribution is 2.37. The predicted molar refractivity (Wildman–Crippen MR) is 78.1 cm³/mol. The summed E-state index contributed by atoms with van der Waals surface area (Å²) >= 11 is 0. The van der Waals surface area contributed by atoms with Crippen LogP contribution in [-0.4, -0.2) is 31.1 Å². The quantitative estimate of drug-likeness (QED) is 0.912. The summed E-state index contributed by atoms with van der Waals surface area (Å²) in [5.74, 6) is 0.439. The highest BCUT2D eigenvalue weighted by molar-refractivity contribution is 5.28. The third-order valence-corrected chi connectivity index (χ3v) is 4.14. The minimum absolute atomic E-state index is 0.193. The molecule has 0 amide bonds. The van der Waals surface area contributed by atoms with Gasteiger partial charge in [0.25, 0.3) is 0 Å². The van der Waals surface area contributed by atoms with Crippen LogP contribution < -0.4 is 5.32 Å². The summed E-state index contributed by atoms with van der Waals surface area (Å²) in [5, 5.41) is 3.44. The first kappa shape index (κ1) is 16.3. The fourth-order valence-corrected chi connectivity index (χ4v) is 3.02. The van der Waals surface area contributed by atoms with Crippen molar-refractivity contribution in [1.29, 1.82) is 0 Å². The van der Waals surface area contributed by atoms with Gasteiger partial charge in [-0.25, -0.2) is 0 Å². The molecule has 0 aromatic heterocycles. The molecule has 0 saturated carbocycles. The van der Waals surface area contributed by atoms with E-state index in [9.17, 15) is 13.2 Å². The molecule has 2 unspecified atom stereocenters. The second-order valence-corrected chi connectivity index (χ2v) is 6.16. The van der Waals surface area contributed by atoms with E-state index in [0.717, 1.165) is 25.1 Å². The number of hydrogen-bond acceptors (Lipinski definition) is 2. The molecule has 1 N–H and O–H groups in total. The lowest BCUT2D eigenvalue weighted by atomic mass is 9.93. The zero-order valence-corrected chi connectivity index (χ0v) is 12.7. The van der Waals surface area contributed by atoms with Crippen LogP contribution in [0.2, 0.25) is 0 Å². The van der Waals surface area contributed by atoms with Crippen LogP contribution >= 0.6 is 0 Å². The summed E-state index contributed by atoms with van der Waals surface area (Å²) < 4.78 is 37.9. The first-order chi connectivity index (χ1) is 9.79. The number of likely N-dealkylation sites (tertiary alicyclic amines) is 1. The second-order valence-electron chi connectivity index (χ2n) is 6.16. The normalized spacial score (nSPS) is 24.0. The van der Waals surface area contributed by atoms with Gasteiger partial charge in [-0.15, -0.1) is 0 Å². The molecule has 2 atom stereocenters. The molecule has 1 saturated heterocycles. The van der Waals surface area contributed by atoms with Crippen LogP contribution in [0.3, 0.4) is 0 Å². The highest BCUT2D eigenvalue weighted by atomic mass is 19.4. The van der Waals surface area contributed by atoms with E-state index >= 15 is 0 Å². The van der Waals surface area contributed by atoms with E-state index in [2.05, 4.69) is 24.1 Å². The molecule has 0 radical (unpaired) electrons. The Labute approximate surface area is 124 Å². The monoisotopic (exact) mass is 300 g/mol. The number of halogens is 3. The molecular weight excluding hydrogens is 277 g/mol. The van der Waals surface area contributed by atoms with Gasteiger partial charge in [0.05, 0.1) is 5.56 Å². The van der Waals surface area contributed by atoms with Crippen molar-refractivity contribution in [1.82, 2.24) is 10.2 Å². The van der Waals surface area contributed by atoms with Gasteiger partial charge in [0.2, 0.25) is 0 Å². The van der Waals surface area contributed by atoms with E-state index in [-0.39, 0.29) is 6.04 Å². The number of benzene rings is 1. The van der Waals surface area contributed by atoms with Crippen LogP contribution in [0, 0.1) is 5.92 Å². The van der Waals surface area contributed by atoms with Gasteiger partial charge < -0.3 is 5.32 Å². The Bertz CT molecular complexity index is 454. The first-order valence-electron chi connectivity index (χ1n) is 7.40. The standard InChI is InChI=1S/C16H23F3N2/c1-11(2)20-10-13-8-9-21(3)15(13)12-4-6-14(7-5-12)16(17,18)19/h4-7,11,13,15,20H,8-10H2,1-3H3. The maximum absolute atomic E-state index is 12.6. The fourth-order valence-electron chi connectivity index (χ4n) is 3.02. The Morgan fingerprint density at radius 1 is 1.24 bits per heavy atom. The van der Waals surface area contributed by atoms with Gasteiger partial charge in [0, 0.05) is 18.6 Å². The maximum Gasteiger partial charge on any atom is 0.416 e. The van der Waals surface area contributed by atoms with Crippen LogP contribution in [0.4, 0.5) is 13.2 Å². The first-order valence-corrected chi connectivity index (χ1v) is 7.40. The van der Waals surface area contributed by atoms with Gasteiger partial charge in [-0.05, 0) is 43.6 Å². The van der Waals surface area contributed by atoms with Crippen LogP contribution in [0.15, 0.2) is 24.3 Å². The largest absolute Gasteiger partial charge is 0.416 e. The van der Waals surface area contributed by atoms with Crippen LogP contribution in [0.1, 0.15) is 37.4 Å². The van der Waals surface area contributed by atoms with Crippen molar-refractivity contribution in [2.75, 3.05) is 20.1 Å². The lowest BCUT2D eigenvalue weighted by Gasteiger charge is -2.26. The third-order valence-electron chi connectivity index (χ3n) is 4.14. The molecule has 1 aromatic carbocycles. The Morgan fingerprint density at radius 3 is 2.38 bits per heavy atom. The molecular formula is C16H23F3N2. The molecule has 21 heavy (non-hydrogen) atoms. The summed E-state index contributed by atoms with van der Waals surface area (Å²) in [7, 11) is 2.04. The number of nitrogens with zero attached hydrogens (tertiary/aromatic N) is 1. The zero-order chi connectivity index (χ0) is 15.6. The van der Waals surface area contributed by atoms with E-state index in [1.807, 2.05) is 7.05 Å². The molecule has 0 bridgehead atoms. The van der Waals surface area contributed by atoms with Crippen LogP contribution in [0.5, 0.6) is 0 Å². The van der Waals surface area contributed by atoms with Crippen LogP contribution in [-0.2, 0) is 6.18 Å². The number of hydrogen-bond donors (Lipinski definition) is 1. The Kier molecular flexibility index (Phi) is 4.94. The Morgan fingerprint density at radius 2 is 1.86 bits per heavy atom. The number of alkyl halides is 3. The smallest absolute Gasteiger partial charge is 0.314 e. The van der Waals surface area contributed by atoms with Crippen LogP contribution in [0.25, 0.3) is 0 Å². The van der Waals surface area contributed by atoms with Gasteiger partial charge in [-0.1, -0.05) is 26.0 Å². The van der Waals surface area contributed by atoms with Gasteiger partial charge in [0.15, 0.2) is 0 Å². The topological polar surface area (TPSA) is 15.3 Å². The second kappa shape index (κ2) is 6.36.